The number of furan rings is 1. The number of hydrogen-bond donors (Lipinski definition) is 0. The summed E-state index contributed by atoms with van der Waals surface area (Å²) >= 11 is 0. The second-order valence-electron chi connectivity index (χ2n) is 17.0. The first kappa shape index (κ1) is 34.8. The lowest BCUT2D eigenvalue weighted by molar-refractivity contribution is 0.584. The van der Waals surface area contributed by atoms with Crippen LogP contribution in [0.15, 0.2) is 186 Å². The van der Waals surface area contributed by atoms with Crippen molar-refractivity contribution in [3.05, 3.63) is 199 Å². The molecule has 0 radical (unpaired) electrons. The molecular formula is C55H45NO. The fraction of sp³-hybridized carbons (Fsp3) is 0.127. The summed E-state index contributed by atoms with van der Waals surface area (Å²) in [4.78, 5) is 2.37. The normalized spacial score (nSPS) is 13.1. The lowest BCUT2D eigenvalue weighted by Crippen LogP contribution is -2.17. The lowest BCUT2D eigenvalue weighted by Gasteiger charge is -2.26. The van der Waals surface area contributed by atoms with Gasteiger partial charge in [-0.25, -0.2) is 0 Å². The van der Waals surface area contributed by atoms with Crippen LogP contribution in [0.5, 0.6) is 0 Å². The third-order valence-corrected chi connectivity index (χ3v) is 12.1. The van der Waals surface area contributed by atoms with E-state index in [1.54, 1.807) is 0 Å². The van der Waals surface area contributed by atoms with Crippen LogP contribution in [0.2, 0.25) is 0 Å². The van der Waals surface area contributed by atoms with Crippen LogP contribution in [-0.2, 0) is 10.8 Å². The summed E-state index contributed by atoms with van der Waals surface area (Å²) in [5, 5.41) is 2.27. The molecule has 0 aliphatic heterocycles. The summed E-state index contributed by atoms with van der Waals surface area (Å²) in [6.07, 6.45) is 0. The Morgan fingerprint density at radius 3 is 1.77 bits per heavy atom. The van der Waals surface area contributed by atoms with Crippen LogP contribution in [0, 0.1) is 0 Å². The Bertz CT molecular complexity index is 2940. The molecule has 10 rings (SSSR count). The average molecular weight is 736 g/mol. The zero-order valence-electron chi connectivity index (χ0n) is 33.2. The van der Waals surface area contributed by atoms with Crippen LogP contribution in [0.4, 0.5) is 17.1 Å². The third kappa shape index (κ3) is 5.95. The van der Waals surface area contributed by atoms with Gasteiger partial charge in [0.2, 0.25) is 0 Å². The molecule has 8 aromatic carbocycles. The van der Waals surface area contributed by atoms with Crippen LogP contribution in [-0.4, -0.2) is 0 Å². The molecule has 0 fully saturated rings. The molecule has 0 unspecified atom stereocenters. The zero-order chi connectivity index (χ0) is 38.9. The van der Waals surface area contributed by atoms with E-state index in [0.717, 1.165) is 50.1 Å². The second-order valence-corrected chi connectivity index (χ2v) is 17.0. The van der Waals surface area contributed by atoms with Gasteiger partial charge in [-0.05, 0) is 121 Å². The standard InChI is InChI=1S/C55H45NO/c1-54(2,3)41-26-31-46-48-34-39(25-32-49(48)55(4,5)50(46)35-41)38-23-29-43(30-24-38)56(42-27-21-37(22-28-42)36-13-7-6-8-14-36)44-16-11-15-40(33-44)45-18-12-20-52-53(45)47-17-9-10-19-51(47)57-52/h6-35H,1-5H3. The lowest BCUT2D eigenvalue weighted by atomic mass is 9.79. The first-order chi connectivity index (χ1) is 27.6. The molecule has 0 saturated heterocycles. The van der Waals surface area contributed by atoms with E-state index in [4.69, 9.17) is 4.42 Å². The molecule has 0 spiro atoms. The highest BCUT2D eigenvalue weighted by Crippen LogP contribution is 2.51. The van der Waals surface area contributed by atoms with E-state index in [-0.39, 0.29) is 10.8 Å². The van der Waals surface area contributed by atoms with Gasteiger partial charge in [0.25, 0.3) is 0 Å². The number of para-hydroxylation sites is 1. The first-order valence-corrected chi connectivity index (χ1v) is 20.0. The van der Waals surface area contributed by atoms with Gasteiger partial charge in [0, 0.05) is 33.2 Å². The predicted molar refractivity (Wildman–Crippen MR) is 241 cm³/mol. The summed E-state index contributed by atoms with van der Waals surface area (Å²) in [5.41, 5.74) is 19.2. The molecule has 1 aliphatic rings. The van der Waals surface area contributed by atoms with Crippen molar-refractivity contribution in [1.29, 1.82) is 0 Å². The number of rotatable bonds is 6. The SMILES string of the molecule is CC(C)(C)c1ccc2c(c1)C(C)(C)c1ccc(-c3ccc(N(c4ccc(-c5ccccc5)cc4)c4cccc(-c5cccc6oc7ccccc7c56)c4)cc3)cc1-2. The van der Waals surface area contributed by atoms with Crippen molar-refractivity contribution < 1.29 is 4.42 Å². The van der Waals surface area contributed by atoms with Crippen LogP contribution in [0.3, 0.4) is 0 Å². The smallest absolute Gasteiger partial charge is 0.136 e. The Kier molecular flexibility index (Phi) is 8.09. The maximum atomic E-state index is 6.28. The molecule has 2 nitrogen and oxygen atoms in total. The Balaban J connectivity index is 1.06. The maximum absolute atomic E-state index is 6.28. The van der Waals surface area contributed by atoms with Crippen molar-refractivity contribution in [2.24, 2.45) is 0 Å². The largest absolute Gasteiger partial charge is 0.456 e. The Hall–Kier alpha value is -6.64. The number of anilines is 3. The number of fused-ring (bicyclic) bond motifs is 6. The third-order valence-electron chi connectivity index (χ3n) is 12.1. The molecule has 1 heterocycles. The van der Waals surface area contributed by atoms with E-state index in [0.29, 0.717) is 0 Å². The van der Waals surface area contributed by atoms with Crippen LogP contribution in [0.1, 0.15) is 51.3 Å². The van der Waals surface area contributed by atoms with Crippen LogP contribution < -0.4 is 4.90 Å². The predicted octanol–water partition coefficient (Wildman–Crippen LogP) is 15.7. The summed E-state index contributed by atoms with van der Waals surface area (Å²) in [6, 6.07) is 66.3. The first-order valence-electron chi connectivity index (χ1n) is 20.0. The number of hydrogen-bond acceptors (Lipinski definition) is 2. The molecule has 0 N–H and O–H groups in total. The van der Waals surface area contributed by atoms with Gasteiger partial charge in [-0.3, -0.25) is 0 Å². The maximum Gasteiger partial charge on any atom is 0.136 e. The molecule has 0 amide bonds. The van der Waals surface area contributed by atoms with Crippen molar-refractivity contribution in [2.45, 2.75) is 45.4 Å². The number of benzene rings is 8. The molecule has 0 atom stereocenters. The zero-order valence-corrected chi connectivity index (χ0v) is 33.2. The summed E-state index contributed by atoms with van der Waals surface area (Å²) < 4.78 is 6.28. The minimum Gasteiger partial charge on any atom is -0.456 e. The fourth-order valence-corrected chi connectivity index (χ4v) is 8.91. The van der Waals surface area contributed by atoms with Crippen LogP contribution >= 0.6 is 0 Å². The molecule has 0 bridgehead atoms. The van der Waals surface area contributed by atoms with Gasteiger partial charge >= 0.3 is 0 Å². The van der Waals surface area contributed by atoms with Gasteiger partial charge in [0.15, 0.2) is 0 Å². The highest BCUT2D eigenvalue weighted by atomic mass is 16.3. The minimum atomic E-state index is -0.0460. The van der Waals surface area contributed by atoms with Crippen molar-refractivity contribution in [1.82, 2.24) is 0 Å². The topological polar surface area (TPSA) is 16.4 Å². The highest BCUT2D eigenvalue weighted by Gasteiger charge is 2.36. The number of nitrogens with zero attached hydrogens (tertiary/aromatic N) is 1. The van der Waals surface area contributed by atoms with Gasteiger partial charge in [0.05, 0.1) is 0 Å². The molecule has 2 heteroatoms. The Labute approximate surface area is 335 Å². The van der Waals surface area contributed by atoms with Crippen LogP contribution in [0.25, 0.3) is 66.4 Å². The molecule has 1 aliphatic carbocycles. The summed E-state index contributed by atoms with van der Waals surface area (Å²) in [6.45, 7) is 11.6. The fourth-order valence-electron chi connectivity index (χ4n) is 8.91. The van der Waals surface area contributed by atoms with Gasteiger partial charge in [-0.1, -0.05) is 162 Å². The van der Waals surface area contributed by atoms with Crippen molar-refractivity contribution in [3.63, 3.8) is 0 Å². The van der Waals surface area contributed by atoms with E-state index in [1.165, 1.54) is 50.1 Å². The van der Waals surface area contributed by atoms with Gasteiger partial charge in [0.1, 0.15) is 11.2 Å². The minimum absolute atomic E-state index is 0.0460. The van der Waals surface area contributed by atoms with E-state index in [2.05, 4.69) is 209 Å². The van der Waals surface area contributed by atoms with Gasteiger partial charge in [-0.2, -0.15) is 0 Å². The summed E-state index contributed by atoms with van der Waals surface area (Å²) in [7, 11) is 0. The Morgan fingerprint density at radius 2 is 1.04 bits per heavy atom. The highest BCUT2D eigenvalue weighted by molar-refractivity contribution is 6.12. The molecule has 0 saturated carbocycles. The van der Waals surface area contributed by atoms with E-state index >= 15 is 0 Å². The van der Waals surface area contributed by atoms with E-state index < -0.39 is 0 Å². The average Bonchev–Trinajstić information content (AvgIpc) is 3.73. The van der Waals surface area contributed by atoms with Crippen molar-refractivity contribution in [2.75, 3.05) is 4.90 Å². The van der Waals surface area contributed by atoms with Crippen molar-refractivity contribution >= 4 is 39.0 Å². The quantitative estimate of drug-likeness (QED) is 0.169. The second kappa shape index (κ2) is 13.2. The van der Waals surface area contributed by atoms with E-state index in [9.17, 15) is 0 Å². The monoisotopic (exact) mass is 735 g/mol. The van der Waals surface area contributed by atoms with Crippen molar-refractivity contribution in [3.8, 4) is 44.5 Å². The summed E-state index contributed by atoms with van der Waals surface area (Å²) in [5.74, 6) is 0. The molecule has 1 aromatic heterocycles. The van der Waals surface area contributed by atoms with Gasteiger partial charge < -0.3 is 9.32 Å². The molecule has 57 heavy (non-hydrogen) atoms. The Morgan fingerprint density at radius 1 is 0.421 bits per heavy atom. The molecule has 9 aromatic rings. The molecule has 276 valence electrons. The molecular weight excluding hydrogens is 691 g/mol. The van der Waals surface area contributed by atoms with Gasteiger partial charge in [-0.15, -0.1) is 0 Å². The van der Waals surface area contributed by atoms with E-state index in [1.807, 2.05) is 12.1 Å².